The fourth-order valence-corrected chi connectivity index (χ4v) is 2.08. The van der Waals surface area contributed by atoms with E-state index in [-0.39, 0.29) is 22.8 Å². The maximum Gasteiger partial charge on any atom is 0.271 e. The van der Waals surface area contributed by atoms with Crippen LogP contribution in [0.5, 0.6) is 5.75 Å². The Bertz CT molecular complexity index is 617. The number of nitrogens with one attached hydrogen (secondary N) is 1. The van der Waals surface area contributed by atoms with Crippen LogP contribution in [0.25, 0.3) is 0 Å². The number of nitrogens with zero attached hydrogens (tertiary/aromatic N) is 2. The first-order valence-electron chi connectivity index (χ1n) is 6.50. The van der Waals surface area contributed by atoms with Crippen molar-refractivity contribution >= 4 is 17.5 Å². The second-order valence-electron chi connectivity index (χ2n) is 4.61. The molecule has 110 valence electrons. The summed E-state index contributed by atoms with van der Waals surface area (Å²) in [6.45, 7) is 1.92. The zero-order valence-corrected chi connectivity index (χ0v) is 12.6. The van der Waals surface area contributed by atoms with Gasteiger partial charge in [-0.05, 0) is 25.0 Å². The minimum atomic E-state index is -0.276. The van der Waals surface area contributed by atoms with E-state index in [1.54, 1.807) is 7.11 Å². The summed E-state index contributed by atoms with van der Waals surface area (Å²) in [5.74, 6) is 0.534. The van der Waals surface area contributed by atoms with Gasteiger partial charge in [0.25, 0.3) is 5.91 Å². The molecular formula is C15H16ClN3O2. The van der Waals surface area contributed by atoms with Crippen molar-refractivity contribution in [3.8, 4) is 5.75 Å². The largest absolute Gasteiger partial charge is 0.496 e. The summed E-state index contributed by atoms with van der Waals surface area (Å²) >= 11 is 5.64. The summed E-state index contributed by atoms with van der Waals surface area (Å²) in [7, 11) is 1.63. The second-order valence-corrected chi connectivity index (χ2v) is 5.00. The number of benzene rings is 1. The molecule has 0 saturated carbocycles. The molecule has 1 aromatic heterocycles. The van der Waals surface area contributed by atoms with Crippen molar-refractivity contribution in [2.45, 2.75) is 19.4 Å². The van der Waals surface area contributed by atoms with Crippen molar-refractivity contribution in [1.29, 1.82) is 0 Å². The van der Waals surface area contributed by atoms with Crippen LogP contribution >= 0.6 is 11.6 Å². The van der Waals surface area contributed by atoms with Crippen LogP contribution in [-0.4, -0.2) is 29.0 Å². The summed E-state index contributed by atoms with van der Waals surface area (Å²) in [6.07, 6.45) is 3.37. The van der Waals surface area contributed by atoms with Gasteiger partial charge in [0.1, 0.15) is 16.6 Å². The second kappa shape index (κ2) is 7.04. The van der Waals surface area contributed by atoms with Gasteiger partial charge in [0.15, 0.2) is 0 Å². The Hall–Kier alpha value is -2.14. The number of hydrogen-bond donors (Lipinski definition) is 1. The van der Waals surface area contributed by atoms with Gasteiger partial charge in [0.2, 0.25) is 0 Å². The van der Waals surface area contributed by atoms with Crippen molar-refractivity contribution in [1.82, 2.24) is 15.3 Å². The molecule has 0 radical (unpaired) electrons. The Labute approximate surface area is 128 Å². The van der Waals surface area contributed by atoms with Gasteiger partial charge in [-0.3, -0.25) is 4.79 Å². The molecule has 0 aliphatic heterocycles. The van der Waals surface area contributed by atoms with Crippen LogP contribution in [0.3, 0.4) is 0 Å². The summed E-state index contributed by atoms with van der Waals surface area (Å²) in [6, 6.07) is 7.66. The molecule has 6 heteroatoms. The number of carbonyl (C=O) groups excluding carboxylic acids is 1. The van der Waals surface area contributed by atoms with Gasteiger partial charge >= 0.3 is 0 Å². The summed E-state index contributed by atoms with van der Waals surface area (Å²) in [5, 5.41) is 3.13. The number of rotatable bonds is 5. The van der Waals surface area contributed by atoms with E-state index in [1.807, 2.05) is 31.2 Å². The summed E-state index contributed by atoms with van der Waals surface area (Å²) < 4.78 is 5.30. The number of halogens is 1. The van der Waals surface area contributed by atoms with Crippen LogP contribution in [-0.2, 0) is 6.42 Å². The first-order valence-corrected chi connectivity index (χ1v) is 6.88. The Morgan fingerprint density at radius 3 is 2.76 bits per heavy atom. The average Bonchev–Trinajstić information content (AvgIpc) is 2.48. The molecule has 5 nitrogen and oxygen atoms in total. The molecule has 1 N–H and O–H groups in total. The molecule has 2 rings (SSSR count). The average molecular weight is 306 g/mol. The fraction of sp³-hybridized carbons (Fsp3) is 0.267. The molecule has 0 aliphatic carbocycles. The maximum atomic E-state index is 12.0. The number of ether oxygens (including phenoxy) is 1. The van der Waals surface area contributed by atoms with Crippen molar-refractivity contribution in [2.24, 2.45) is 0 Å². The predicted molar refractivity (Wildman–Crippen MR) is 80.7 cm³/mol. The minimum Gasteiger partial charge on any atom is -0.496 e. The van der Waals surface area contributed by atoms with E-state index in [0.717, 1.165) is 11.3 Å². The lowest BCUT2D eigenvalue weighted by Crippen LogP contribution is -2.34. The van der Waals surface area contributed by atoms with Crippen LogP contribution in [0.15, 0.2) is 36.7 Å². The Kier molecular flexibility index (Phi) is 5.11. The van der Waals surface area contributed by atoms with Crippen molar-refractivity contribution in [2.75, 3.05) is 7.11 Å². The Morgan fingerprint density at radius 1 is 1.33 bits per heavy atom. The highest BCUT2D eigenvalue weighted by molar-refractivity contribution is 6.29. The van der Waals surface area contributed by atoms with E-state index in [4.69, 9.17) is 16.3 Å². The predicted octanol–water partition coefficient (Wildman–Crippen LogP) is 2.50. The lowest BCUT2D eigenvalue weighted by atomic mass is 10.1. The number of amides is 1. The summed E-state index contributed by atoms with van der Waals surface area (Å²) in [5.41, 5.74) is 1.28. The third-order valence-electron chi connectivity index (χ3n) is 2.95. The molecule has 1 heterocycles. The standard InChI is InChI=1S/C15H16ClN3O2/c1-10(7-11-5-3-4-6-13(11)21-2)19-15(20)12-8-18-14(16)9-17-12/h3-6,8-10H,7H2,1-2H3,(H,19,20). The van der Waals surface area contributed by atoms with Crippen LogP contribution in [0.1, 0.15) is 23.0 Å². The van der Waals surface area contributed by atoms with E-state index < -0.39 is 0 Å². The third-order valence-corrected chi connectivity index (χ3v) is 3.14. The summed E-state index contributed by atoms with van der Waals surface area (Å²) in [4.78, 5) is 19.8. The zero-order valence-electron chi connectivity index (χ0n) is 11.8. The van der Waals surface area contributed by atoms with Crippen LogP contribution in [0.4, 0.5) is 0 Å². The molecule has 1 amide bonds. The van der Waals surface area contributed by atoms with E-state index in [1.165, 1.54) is 12.4 Å². The monoisotopic (exact) mass is 305 g/mol. The Balaban J connectivity index is 1.99. The van der Waals surface area contributed by atoms with Gasteiger partial charge in [-0.25, -0.2) is 9.97 Å². The van der Waals surface area contributed by atoms with Crippen LogP contribution in [0, 0.1) is 0 Å². The highest BCUT2D eigenvalue weighted by atomic mass is 35.5. The molecule has 0 spiro atoms. The minimum absolute atomic E-state index is 0.0636. The van der Waals surface area contributed by atoms with E-state index >= 15 is 0 Å². The van der Waals surface area contributed by atoms with E-state index in [2.05, 4.69) is 15.3 Å². The molecule has 0 fully saturated rings. The molecule has 1 aromatic carbocycles. The highest BCUT2D eigenvalue weighted by Crippen LogP contribution is 2.18. The molecule has 0 saturated heterocycles. The number of hydrogen-bond acceptors (Lipinski definition) is 4. The number of para-hydroxylation sites is 1. The fourth-order valence-electron chi connectivity index (χ4n) is 1.98. The maximum absolute atomic E-state index is 12.0. The zero-order chi connectivity index (χ0) is 15.2. The van der Waals surface area contributed by atoms with Gasteiger partial charge in [0.05, 0.1) is 19.5 Å². The topological polar surface area (TPSA) is 64.1 Å². The van der Waals surface area contributed by atoms with Crippen LogP contribution in [0.2, 0.25) is 5.15 Å². The van der Waals surface area contributed by atoms with E-state index in [0.29, 0.717) is 6.42 Å². The molecule has 0 aliphatic rings. The van der Waals surface area contributed by atoms with Gasteiger partial charge < -0.3 is 10.1 Å². The molecule has 1 unspecified atom stereocenters. The number of carbonyl (C=O) groups is 1. The van der Waals surface area contributed by atoms with Crippen LogP contribution < -0.4 is 10.1 Å². The van der Waals surface area contributed by atoms with Gasteiger partial charge in [-0.15, -0.1) is 0 Å². The van der Waals surface area contributed by atoms with Gasteiger partial charge in [0, 0.05) is 6.04 Å². The molecule has 1 atom stereocenters. The number of aromatic nitrogens is 2. The molecule has 2 aromatic rings. The molecule has 0 bridgehead atoms. The van der Waals surface area contributed by atoms with E-state index in [9.17, 15) is 4.79 Å². The first-order chi connectivity index (χ1) is 10.1. The van der Waals surface area contributed by atoms with Gasteiger partial charge in [-0.1, -0.05) is 29.8 Å². The number of methoxy groups -OCH3 is 1. The lowest BCUT2D eigenvalue weighted by molar-refractivity contribution is 0.0934. The van der Waals surface area contributed by atoms with Crippen molar-refractivity contribution in [3.05, 3.63) is 53.1 Å². The smallest absolute Gasteiger partial charge is 0.271 e. The van der Waals surface area contributed by atoms with Crippen molar-refractivity contribution < 1.29 is 9.53 Å². The van der Waals surface area contributed by atoms with Gasteiger partial charge in [-0.2, -0.15) is 0 Å². The third kappa shape index (κ3) is 4.16. The SMILES string of the molecule is COc1ccccc1CC(C)NC(=O)c1cnc(Cl)cn1. The molecule has 21 heavy (non-hydrogen) atoms. The lowest BCUT2D eigenvalue weighted by Gasteiger charge is -2.15. The normalized spacial score (nSPS) is 11.8. The molecular weight excluding hydrogens is 290 g/mol. The Morgan fingerprint density at radius 2 is 2.10 bits per heavy atom. The first kappa shape index (κ1) is 15.3. The highest BCUT2D eigenvalue weighted by Gasteiger charge is 2.13. The quantitative estimate of drug-likeness (QED) is 0.922. The van der Waals surface area contributed by atoms with Crippen molar-refractivity contribution in [3.63, 3.8) is 0 Å².